The summed E-state index contributed by atoms with van der Waals surface area (Å²) >= 11 is 6.03. The minimum atomic E-state index is -3.50. The number of sulfonamides is 1. The number of nitrogens with one attached hydrogen (secondary N) is 2. The summed E-state index contributed by atoms with van der Waals surface area (Å²) in [6, 6.07) is 8.32. The van der Waals surface area contributed by atoms with Crippen LogP contribution in [0.25, 0.3) is 0 Å². The molecular weight excluding hydrogens is 402 g/mol. The minimum absolute atomic E-state index is 0.0407. The third-order valence-corrected chi connectivity index (χ3v) is 5.57. The molecule has 7 nitrogen and oxygen atoms in total. The summed E-state index contributed by atoms with van der Waals surface area (Å²) in [5, 5.41) is 3.16. The molecule has 3 rings (SSSR count). The molecule has 1 aliphatic rings. The number of furan rings is 1. The Bertz CT molecular complexity index is 952. The number of hydrogen-bond acceptors (Lipinski definition) is 5. The maximum Gasteiger partial charge on any atom is 0.251 e. The summed E-state index contributed by atoms with van der Waals surface area (Å²) < 4.78 is 31.1. The minimum Gasteiger partial charge on any atom is -0.465 e. The number of rotatable bonds is 7. The molecule has 1 saturated heterocycles. The highest BCUT2D eigenvalue weighted by Crippen LogP contribution is 2.27. The van der Waals surface area contributed by atoms with Gasteiger partial charge in [0.25, 0.3) is 5.91 Å². The number of amides is 1. The van der Waals surface area contributed by atoms with Gasteiger partial charge in [0.1, 0.15) is 11.5 Å². The molecule has 1 amide bonds. The molecule has 2 N–H and O–H groups in total. The van der Waals surface area contributed by atoms with Crippen LogP contribution in [0.5, 0.6) is 0 Å². The lowest BCUT2D eigenvalue weighted by atomic mass is 10.1. The van der Waals surface area contributed by atoms with Crippen molar-refractivity contribution < 1.29 is 17.6 Å². The molecule has 152 valence electrons. The molecule has 1 aliphatic heterocycles. The van der Waals surface area contributed by atoms with Crippen LogP contribution in [-0.4, -0.2) is 45.1 Å². The smallest absolute Gasteiger partial charge is 0.251 e. The van der Waals surface area contributed by atoms with E-state index in [0.29, 0.717) is 12.1 Å². The van der Waals surface area contributed by atoms with Gasteiger partial charge >= 0.3 is 0 Å². The summed E-state index contributed by atoms with van der Waals surface area (Å²) in [5.74, 6) is 1.36. The number of aryl methyl sites for hydroxylation is 1. The van der Waals surface area contributed by atoms with Crippen molar-refractivity contribution in [1.29, 1.82) is 0 Å². The van der Waals surface area contributed by atoms with Gasteiger partial charge in [0.2, 0.25) is 10.0 Å². The number of halogens is 1. The molecule has 0 unspecified atom stereocenters. The van der Waals surface area contributed by atoms with Crippen LogP contribution in [0, 0.1) is 6.92 Å². The molecule has 28 heavy (non-hydrogen) atoms. The maximum absolute atomic E-state index is 12.6. The summed E-state index contributed by atoms with van der Waals surface area (Å²) in [4.78, 5) is 15.0. The Morgan fingerprint density at radius 1 is 1.25 bits per heavy atom. The largest absolute Gasteiger partial charge is 0.465 e. The van der Waals surface area contributed by atoms with Gasteiger partial charge in [-0.05, 0) is 63.2 Å². The molecule has 0 aliphatic carbocycles. The first-order valence-corrected chi connectivity index (χ1v) is 11.4. The van der Waals surface area contributed by atoms with Crippen molar-refractivity contribution in [2.45, 2.75) is 25.8 Å². The van der Waals surface area contributed by atoms with Crippen molar-refractivity contribution in [3.05, 3.63) is 52.4 Å². The van der Waals surface area contributed by atoms with E-state index in [-0.39, 0.29) is 22.7 Å². The quantitative estimate of drug-likeness (QED) is 0.710. The molecular formula is C19H24ClN3O4S. The normalized spacial score (nSPS) is 16.1. The lowest BCUT2D eigenvalue weighted by Gasteiger charge is -2.26. The Balaban J connectivity index is 1.73. The van der Waals surface area contributed by atoms with Gasteiger partial charge in [-0.15, -0.1) is 0 Å². The van der Waals surface area contributed by atoms with Crippen molar-refractivity contribution in [2.75, 3.05) is 30.6 Å². The van der Waals surface area contributed by atoms with Crippen LogP contribution in [0.1, 0.15) is 40.8 Å². The van der Waals surface area contributed by atoms with Crippen LogP contribution in [0.3, 0.4) is 0 Å². The summed E-state index contributed by atoms with van der Waals surface area (Å²) in [6.45, 7) is 4.21. The average molecular weight is 426 g/mol. The van der Waals surface area contributed by atoms with E-state index in [9.17, 15) is 13.2 Å². The lowest BCUT2D eigenvalue weighted by molar-refractivity contribution is 0.0933. The Kier molecular flexibility index (Phi) is 6.32. The summed E-state index contributed by atoms with van der Waals surface area (Å²) in [6.07, 6.45) is 3.28. The van der Waals surface area contributed by atoms with Crippen molar-refractivity contribution in [1.82, 2.24) is 10.2 Å². The zero-order chi connectivity index (χ0) is 20.3. The molecule has 1 aromatic carbocycles. The van der Waals surface area contributed by atoms with E-state index < -0.39 is 10.0 Å². The van der Waals surface area contributed by atoms with Gasteiger partial charge in [-0.3, -0.25) is 14.4 Å². The van der Waals surface area contributed by atoms with E-state index in [2.05, 4.69) is 14.9 Å². The molecule has 0 radical (unpaired) electrons. The lowest BCUT2D eigenvalue weighted by Crippen LogP contribution is -2.36. The zero-order valence-electron chi connectivity index (χ0n) is 15.9. The predicted octanol–water partition coefficient (Wildman–Crippen LogP) is 3.18. The van der Waals surface area contributed by atoms with Crippen LogP contribution in [0.4, 0.5) is 5.69 Å². The molecule has 1 atom stereocenters. The third-order valence-electron chi connectivity index (χ3n) is 4.65. The Labute approximate surface area is 170 Å². The highest BCUT2D eigenvalue weighted by molar-refractivity contribution is 7.92. The first-order valence-electron chi connectivity index (χ1n) is 9.09. The highest BCUT2D eigenvalue weighted by atomic mass is 35.5. The Hall–Kier alpha value is -2.03. The first-order chi connectivity index (χ1) is 13.2. The second kappa shape index (κ2) is 8.55. The van der Waals surface area contributed by atoms with Gasteiger partial charge in [0, 0.05) is 12.1 Å². The number of carbonyl (C=O) groups excluding carboxylic acids is 1. The number of likely N-dealkylation sites (tertiary alicyclic amines) is 1. The first kappa shape index (κ1) is 20.7. The van der Waals surface area contributed by atoms with Gasteiger partial charge in [-0.1, -0.05) is 11.6 Å². The maximum atomic E-state index is 12.6. The standard InChI is InChI=1S/C19H24ClN3O4S/c1-13-5-8-18(27-13)17(23-9-3-4-10-23)12-21-19(24)14-6-7-15(20)16(11-14)22-28(2,25)26/h5-8,11,17,22H,3-4,9-10,12H2,1-2H3,(H,21,24)/t17-/m0/s1. The van der Waals surface area contributed by atoms with Gasteiger partial charge < -0.3 is 9.73 Å². The van der Waals surface area contributed by atoms with E-state index in [1.807, 2.05) is 19.1 Å². The third kappa shape index (κ3) is 5.27. The summed E-state index contributed by atoms with van der Waals surface area (Å²) in [7, 11) is -3.50. The monoisotopic (exact) mass is 425 g/mol. The Morgan fingerprint density at radius 3 is 2.57 bits per heavy atom. The van der Waals surface area contributed by atoms with E-state index in [1.165, 1.54) is 12.1 Å². The fourth-order valence-electron chi connectivity index (χ4n) is 3.33. The number of hydrogen-bond donors (Lipinski definition) is 2. The molecule has 9 heteroatoms. The molecule has 0 bridgehead atoms. The molecule has 2 heterocycles. The van der Waals surface area contributed by atoms with Crippen LogP contribution < -0.4 is 10.0 Å². The predicted molar refractivity (Wildman–Crippen MR) is 109 cm³/mol. The van der Waals surface area contributed by atoms with Crippen molar-refractivity contribution in [3.8, 4) is 0 Å². The molecule has 1 fully saturated rings. The van der Waals surface area contributed by atoms with E-state index >= 15 is 0 Å². The number of anilines is 1. The number of benzene rings is 1. The second-order valence-corrected chi connectivity index (χ2v) is 9.14. The van der Waals surface area contributed by atoms with Gasteiger partial charge in [0.05, 0.1) is 23.0 Å². The fraction of sp³-hybridized carbons (Fsp3) is 0.421. The van der Waals surface area contributed by atoms with Crippen molar-refractivity contribution >= 4 is 33.2 Å². The van der Waals surface area contributed by atoms with E-state index in [1.54, 1.807) is 6.07 Å². The van der Waals surface area contributed by atoms with Crippen molar-refractivity contribution in [2.24, 2.45) is 0 Å². The SMILES string of the molecule is Cc1ccc([C@H](CNC(=O)c2ccc(Cl)c(NS(C)(=O)=O)c2)N2CCCC2)o1. The zero-order valence-corrected chi connectivity index (χ0v) is 17.4. The van der Waals surface area contributed by atoms with Crippen LogP contribution >= 0.6 is 11.6 Å². The molecule has 0 saturated carbocycles. The summed E-state index contributed by atoms with van der Waals surface area (Å²) in [5.41, 5.74) is 0.501. The average Bonchev–Trinajstić information content (AvgIpc) is 3.28. The topological polar surface area (TPSA) is 91.7 Å². The number of carbonyl (C=O) groups is 1. The Morgan fingerprint density at radius 2 is 1.96 bits per heavy atom. The van der Waals surface area contributed by atoms with Gasteiger partial charge in [-0.2, -0.15) is 0 Å². The fourth-order valence-corrected chi connectivity index (χ4v) is 4.12. The molecule has 1 aromatic heterocycles. The second-order valence-electron chi connectivity index (χ2n) is 6.99. The van der Waals surface area contributed by atoms with Crippen LogP contribution in [-0.2, 0) is 10.0 Å². The van der Waals surface area contributed by atoms with Crippen LogP contribution in [0.2, 0.25) is 5.02 Å². The van der Waals surface area contributed by atoms with Gasteiger partial charge in [-0.25, -0.2) is 8.42 Å². The molecule has 2 aromatic rings. The van der Waals surface area contributed by atoms with Crippen LogP contribution in [0.15, 0.2) is 34.7 Å². The molecule has 0 spiro atoms. The van der Waals surface area contributed by atoms with E-state index in [4.69, 9.17) is 16.0 Å². The van der Waals surface area contributed by atoms with Gasteiger partial charge in [0.15, 0.2) is 0 Å². The highest BCUT2D eigenvalue weighted by Gasteiger charge is 2.26. The van der Waals surface area contributed by atoms with E-state index in [0.717, 1.165) is 43.7 Å². The van der Waals surface area contributed by atoms with Crippen molar-refractivity contribution in [3.63, 3.8) is 0 Å². The number of nitrogens with zero attached hydrogens (tertiary/aromatic N) is 1.